The van der Waals surface area contributed by atoms with Crippen LogP contribution in [-0.2, 0) is 12.6 Å². The van der Waals surface area contributed by atoms with Gasteiger partial charge in [-0.1, -0.05) is 31.4 Å². The fourth-order valence-corrected chi connectivity index (χ4v) is 2.51. The van der Waals surface area contributed by atoms with E-state index in [-0.39, 0.29) is 0 Å². The standard InChI is InChI=1S/C15H17F3S/c1-3-4-5-6-7-9-12-10-8-11-13(14(12)19-2)15(16,17)18/h8,10-11H,3-5,9H2,1-2H3. The average Bonchev–Trinajstić information content (AvgIpc) is 2.37. The molecule has 0 bridgehead atoms. The van der Waals surface area contributed by atoms with Crippen molar-refractivity contribution in [1.82, 2.24) is 0 Å². The number of alkyl halides is 3. The molecule has 0 amide bonds. The summed E-state index contributed by atoms with van der Waals surface area (Å²) in [5.41, 5.74) is 0.0965. The molecule has 1 aromatic carbocycles. The van der Waals surface area contributed by atoms with Crippen molar-refractivity contribution >= 4 is 11.8 Å². The van der Waals surface area contributed by atoms with E-state index in [0.717, 1.165) is 37.1 Å². The van der Waals surface area contributed by atoms with E-state index in [0.29, 0.717) is 16.9 Å². The van der Waals surface area contributed by atoms with Crippen molar-refractivity contribution < 1.29 is 13.2 Å². The lowest BCUT2D eigenvalue weighted by molar-refractivity contribution is -0.139. The lowest BCUT2D eigenvalue weighted by atomic mass is 10.1. The zero-order valence-corrected chi connectivity index (χ0v) is 11.9. The molecule has 0 radical (unpaired) electrons. The molecule has 0 fully saturated rings. The third-order valence-corrected chi connectivity index (χ3v) is 3.56. The summed E-state index contributed by atoms with van der Waals surface area (Å²) in [4.78, 5) is 0.291. The van der Waals surface area contributed by atoms with Crippen LogP contribution in [0.1, 0.15) is 37.3 Å². The van der Waals surface area contributed by atoms with Crippen LogP contribution in [0, 0.1) is 11.8 Å². The molecule has 0 aliphatic carbocycles. The van der Waals surface area contributed by atoms with E-state index in [4.69, 9.17) is 0 Å². The first kappa shape index (κ1) is 16.0. The van der Waals surface area contributed by atoms with Gasteiger partial charge in [0.2, 0.25) is 0 Å². The summed E-state index contributed by atoms with van der Waals surface area (Å²) in [6.07, 6.45) is 0.662. The van der Waals surface area contributed by atoms with Gasteiger partial charge in [0.1, 0.15) is 0 Å². The summed E-state index contributed by atoms with van der Waals surface area (Å²) in [5.74, 6) is 5.96. The van der Waals surface area contributed by atoms with Gasteiger partial charge in [-0.05, 0) is 24.3 Å². The molecular formula is C15H17F3S. The highest BCUT2D eigenvalue weighted by Crippen LogP contribution is 2.37. The van der Waals surface area contributed by atoms with Gasteiger partial charge in [-0.3, -0.25) is 0 Å². The summed E-state index contributed by atoms with van der Waals surface area (Å²) in [7, 11) is 0. The highest BCUT2D eigenvalue weighted by molar-refractivity contribution is 7.98. The van der Waals surface area contributed by atoms with Gasteiger partial charge in [-0.15, -0.1) is 17.7 Å². The Hall–Kier alpha value is -1.08. The minimum absolute atomic E-state index is 0.291. The van der Waals surface area contributed by atoms with Crippen molar-refractivity contribution in [1.29, 1.82) is 0 Å². The zero-order valence-electron chi connectivity index (χ0n) is 11.1. The summed E-state index contributed by atoms with van der Waals surface area (Å²) >= 11 is 1.13. The zero-order chi connectivity index (χ0) is 14.3. The molecule has 104 valence electrons. The number of halogens is 3. The van der Waals surface area contributed by atoms with Gasteiger partial charge in [-0.25, -0.2) is 0 Å². The molecule has 1 aromatic rings. The Labute approximate surface area is 116 Å². The second-order valence-corrected chi connectivity index (χ2v) is 4.95. The minimum atomic E-state index is -4.30. The fourth-order valence-electron chi connectivity index (χ4n) is 1.70. The molecule has 0 aromatic heterocycles. The fraction of sp³-hybridized carbons (Fsp3) is 0.467. The van der Waals surface area contributed by atoms with Crippen LogP contribution in [0.15, 0.2) is 23.1 Å². The third-order valence-electron chi connectivity index (χ3n) is 2.67. The highest BCUT2D eigenvalue weighted by atomic mass is 32.2. The number of rotatable bonds is 4. The van der Waals surface area contributed by atoms with E-state index in [2.05, 4.69) is 18.8 Å². The van der Waals surface area contributed by atoms with Gasteiger partial charge >= 0.3 is 6.18 Å². The molecule has 0 nitrogen and oxygen atoms in total. The second kappa shape index (κ2) is 7.49. The molecule has 19 heavy (non-hydrogen) atoms. The van der Waals surface area contributed by atoms with Crippen molar-refractivity contribution in [3.63, 3.8) is 0 Å². The minimum Gasteiger partial charge on any atom is -0.166 e. The van der Waals surface area contributed by atoms with Gasteiger partial charge in [0, 0.05) is 17.7 Å². The van der Waals surface area contributed by atoms with E-state index in [9.17, 15) is 13.2 Å². The second-order valence-electron chi connectivity index (χ2n) is 4.13. The van der Waals surface area contributed by atoms with Crippen molar-refractivity contribution in [3.8, 4) is 11.8 Å². The number of hydrogen-bond acceptors (Lipinski definition) is 1. The van der Waals surface area contributed by atoms with Crippen LogP contribution < -0.4 is 0 Å². The molecule has 4 heteroatoms. The van der Waals surface area contributed by atoms with Gasteiger partial charge in [0.25, 0.3) is 0 Å². The van der Waals surface area contributed by atoms with Crippen LogP contribution in [0.4, 0.5) is 13.2 Å². The molecule has 0 N–H and O–H groups in total. The first-order valence-electron chi connectivity index (χ1n) is 6.19. The molecule has 0 heterocycles. The molecular weight excluding hydrogens is 269 g/mol. The Morgan fingerprint density at radius 2 is 1.95 bits per heavy atom. The van der Waals surface area contributed by atoms with Gasteiger partial charge in [-0.2, -0.15) is 13.2 Å². The van der Waals surface area contributed by atoms with Gasteiger partial charge in [0.05, 0.1) is 5.56 Å². The summed E-state index contributed by atoms with van der Waals surface area (Å²) < 4.78 is 38.6. The number of benzene rings is 1. The Bertz CT molecular complexity index is 467. The maximum absolute atomic E-state index is 12.9. The summed E-state index contributed by atoms with van der Waals surface area (Å²) in [6, 6.07) is 4.29. The Kier molecular flexibility index (Phi) is 6.30. The van der Waals surface area contributed by atoms with Crippen molar-refractivity contribution in [2.75, 3.05) is 6.26 Å². The Balaban J connectivity index is 2.92. The molecule has 1 rings (SSSR count). The van der Waals surface area contributed by atoms with Crippen LogP contribution in [0.2, 0.25) is 0 Å². The lowest BCUT2D eigenvalue weighted by Crippen LogP contribution is -2.08. The van der Waals surface area contributed by atoms with Crippen LogP contribution in [-0.4, -0.2) is 6.26 Å². The number of hydrogen-bond donors (Lipinski definition) is 0. The maximum Gasteiger partial charge on any atom is 0.417 e. The smallest absolute Gasteiger partial charge is 0.166 e. The molecule has 0 aliphatic heterocycles. The van der Waals surface area contributed by atoms with Crippen LogP contribution >= 0.6 is 11.8 Å². The van der Waals surface area contributed by atoms with E-state index in [1.807, 2.05) is 0 Å². The normalized spacial score (nSPS) is 11.0. The van der Waals surface area contributed by atoms with Crippen LogP contribution in [0.5, 0.6) is 0 Å². The quantitative estimate of drug-likeness (QED) is 0.418. The topological polar surface area (TPSA) is 0 Å². The monoisotopic (exact) mass is 286 g/mol. The predicted octanol–water partition coefficient (Wildman–Crippen LogP) is 5.16. The van der Waals surface area contributed by atoms with Crippen LogP contribution in [0.3, 0.4) is 0 Å². The summed E-state index contributed by atoms with van der Waals surface area (Å²) in [6.45, 7) is 2.08. The first-order chi connectivity index (χ1) is 9.00. The number of unbranched alkanes of at least 4 members (excludes halogenated alkanes) is 2. The molecule has 0 spiro atoms. The molecule has 0 saturated carbocycles. The first-order valence-corrected chi connectivity index (χ1v) is 7.42. The maximum atomic E-state index is 12.9. The lowest BCUT2D eigenvalue weighted by Gasteiger charge is -2.13. The average molecular weight is 286 g/mol. The van der Waals surface area contributed by atoms with Crippen molar-refractivity contribution in [2.24, 2.45) is 0 Å². The Morgan fingerprint density at radius 1 is 1.21 bits per heavy atom. The van der Waals surface area contributed by atoms with Crippen LogP contribution in [0.25, 0.3) is 0 Å². The predicted molar refractivity (Wildman–Crippen MR) is 74.2 cm³/mol. The van der Waals surface area contributed by atoms with Gasteiger partial charge < -0.3 is 0 Å². The number of thioether (sulfide) groups is 1. The Morgan fingerprint density at radius 3 is 2.53 bits per heavy atom. The van der Waals surface area contributed by atoms with Crippen molar-refractivity contribution in [3.05, 3.63) is 29.3 Å². The largest absolute Gasteiger partial charge is 0.417 e. The van der Waals surface area contributed by atoms with E-state index in [1.165, 1.54) is 6.07 Å². The summed E-state index contributed by atoms with van der Waals surface area (Å²) in [5, 5.41) is 0. The third kappa shape index (κ3) is 4.83. The molecule has 0 unspecified atom stereocenters. The van der Waals surface area contributed by atoms with E-state index in [1.54, 1.807) is 12.3 Å². The van der Waals surface area contributed by atoms with E-state index < -0.39 is 11.7 Å². The SMILES string of the molecule is CCCCC#CCc1cccc(C(F)(F)F)c1SC. The molecule has 0 aliphatic rings. The molecule has 0 saturated heterocycles. The van der Waals surface area contributed by atoms with Crippen molar-refractivity contribution in [2.45, 2.75) is 43.7 Å². The highest BCUT2D eigenvalue weighted by Gasteiger charge is 2.33. The van der Waals surface area contributed by atoms with Gasteiger partial charge in [0.15, 0.2) is 0 Å². The van der Waals surface area contributed by atoms with E-state index >= 15 is 0 Å². The molecule has 0 atom stereocenters.